The van der Waals surface area contributed by atoms with Gasteiger partial charge in [0.05, 0.1) is 7.11 Å². The number of imide groups is 1. The van der Waals surface area contributed by atoms with E-state index in [4.69, 9.17) is 4.74 Å². The number of nitrogens with zero attached hydrogens (tertiary/aromatic N) is 1. The second-order valence-corrected chi connectivity index (χ2v) is 7.60. The summed E-state index contributed by atoms with van der Waals surface area (Å²) in [6.07, 6.45) is 0. The fraction of sp³-hybridized carbons (Fsp3) is 0.208. The Morgan fingerprint density at radius 1 is 1.03 bits per heavy atom. The van der Waals surface area contributed by atoms with Gasteiger partial charge in [0.15, 0.2) is 0 Å². The first-order chi connectivity index (χ1) is 14.9. The lowest BCUT2D eigenvalue weighted by atomic mass is 9.88. The second kappa shape index (κ2) is 8.10. The summed E-state index contributed by atoms with van der Waals surface area (Å²) in [5.41, 5.74) is 0.339. The molecule has 7 heteroatoms. The van der Waals surface area contributed by atoms with Crippen LogP contribution < -0.4 is 15.4 Å². The van der Waals surface area contributed by atoms with Crippen molar-refractivity contribution in [3.05, 3.63) is 77.9 Å². The van der Waals surface area contributed by atoms with E-state index < -0.39 is 23.4 Å². The summed E-state index contributed by atoms with van der Waals surface area (Å²) in [4.78, 5) is 39.2. The van der Waals surface area contributed by atoms with Crippen LogP contribution in [0, 0.1) is 0 Å². The third-order valence-corrected chi connectivity index (χ3v) is 5.55. The van der Waals surface area contributed by atoms with E-state index in [2.05, 4.69) is 10.6 Å². The molecule has 0 unspecified atom stereocenters. The molecule has 0 bridgehead atoms. The van der Waals surface area contributed by atoms with E-state index >= 15 is 0 Å². The summed E-state index contributed by atoms with van der Waals surface area (Å²) < 4.78 is 5.11. The molecule has 31 heavy (non-hydrogen) atoms. The minimum Gasteiger partial charge on any atom is -0.497 e. The first kappa shape index (κ1) is 20.4. The van der Waals surface area contributed by atoms with Gasteiger partial charge in [-0.3, -0.25) is 14.5 Å². The molecule has 158 valence electrons. The van der Waals surface area contributed by atoms with E-state index in [-0.39, 0.29) is 13.1 Å². The normalized spacial score (nSPS) is 18.2. The zero-order valence-corrected chi connectivity index (χ0v) is 17.3. The molecule has 1 saturated heterocycles. The Balaban J connectivity index is 1.48. The zero-order valence-electron chi connectivity index (χ0n) is 17.3. The number of benzene rings is 3. The van der Waals surface area contributed by atoms with E-state index in [1.54, 1.807) is 26.2 Å². The smallest absolute Gasteiger partial charge is 0.325 e. The van der Waals surface area contributed by atoms with E-state index in [0.717, 1.165) is 27.0 Å². The molecule has 1 aliphatic heterocycles. The molecule has 3 aromatic rings. The Bertz CT molecular complexity index is 1150. The highest BCUT2D eigenvalue weighted by Gasteiger charge is 2.50. The lowest BCUT2D eigenvalue weighted by Crippen LogP contribution is -2.43. The Morgan fingerprint density at radius 3 is 2.48 bits per heavy atom. The van der Waals surface area contributed by atoms with Gasteiger partial charge >= 0.3 is 6.03 Å². The lowest BCUT2D eigenvalue weighted by Gasteiger charge is -2.24. The van der Waals surface area contributed by atoms with E-state index in [0.29, 0.717) is 5.56 Å². The van der Waals surface area contributed by atoms with Crippen LogP contribution in [-0.2, 0) is 21.7 Å². The topological polar surface area (TPSA) is 87.7 Å². The van der Waals surface area contributed by atoms with Crippen LogP contribution in [0.1, 0.15) is 18.1 Å². The number of rotatable bonds is 6. The van der Waals surface area contributed by atoms with Crippen molar-refractivity contribution >= 4 is 28.6 Å². The highest BCUT2D eigenvalue weighted by atomic mass is 16.5. The van der Waals surface area contributed by atoms with Crippen LogP contribution in [0.4, 0.5) is 4.79 Å². The first-order valence-corrected chi connectivity index (χ1v) is 9.94. The van der Waals surface area contributed by atoms with Crippen molar-refractivity contribution in [2.75, 3.05) is 13.7 Å². The molecule has 0 aliphatic carbocycles. The van der Waals surface area contributed by atoms with Crippen LogP contribution in [0.15, 0.2) is 66.7 Å². The van der Waals surface area contributed by atoms with Crippen molar-refractivity contribution in [3.63, 3.8) is 0 Å². The van der Waals surface area contributed by atoms with Crippen LogP contribution in [0.25, 0.3) is 10.8 Å². The Morgan fingerprint density at radius 2 is 1.74 bits per heavy atom. The molecule has 1 fully saturated rings. The monoisotopic (exact) mass is 417 g/mol. The van der Waals surface area contributed by atoms with Crippen molar-refractivity contribution < 1.29 is 19.1 Å². The third-order valence-electron chi connectivity index (χ3n) is 5.55. The number of amides is 4. The van der Waals surface area contributed by atoms with Gasteiger partial charge in [0.25, 0.3) is 5.91 Å². The van der Waals surface area contributed by atoms with Crippen molar-refractivity contribution in [2.24, 2.45) is 0 Å². The zero-order chi connectivity index (χ0) is 22.0. The number of nitrogens with one attached hydrogen (secondary N) is 2. The Kier molecular flexibility index (Phi) is 5.33. The highest BCUT2D eigenvalue weighted by Crippen LogP contribution is 2.33. The fourth-order valence-corrected chi connectivity index (χ4v) is 3.83. The summed E-state index contributed by atoms with van der Waals surface area (Å²) in [7, 11) is 1.58. The first-order valence-electron chi connectivity index (χ1n) is 9.94. The van der Waals surface area contributed by atoms with Crippen molar-refractivity contribution in [2.45, 2.75) is 19.0 Å². The van der Waals surface area contributed by atoms with Gasteiger partial charge in [0.1, 0.15) is 17.8 Å². The van der Waals surface area contributed by atoms with Crippen molar-refractivity contribution in [1.82, 2.24) is 15.5 Å². The van der Waals surface area contributed by atoms with Crippen molar-refractivity contribution in [3.8, 4) is 5.75 Å². The predicted molar refractivity (Wildman–Crippen MR) is 116 cm³/mol. The van der Waals surface area contributed by atoms with E-state index in [9.17, 15) is 14.4 Å². The maximum Gasteiger partial charge on any atom is 0.325 e. The molecular formula is C24H23N3O4. The Hall–Kier alpha value is -3.87. The summed E-state index contributed by atoms with van der Waals surface area (Å²) in [6.45, 7) is 1.61. The molecule has 0 saturated carbocycles. The van der Waals surface area contributed by atoms with Crippen molar-refractivity contribution in [1.29, 1.82) is 0 Å². The van der Waals surface area contributed by atoms with Crippen LogP contribution in [0.2, 0.25) is 0 Å². The standard InChI is InChI=1S/C24H23N3O4/c1-24(20-9-5-7-17-6-3-4-8-19(17)20)22(29)27(23(30)26-24)15-21(28)25-14-16-10-12-18(31-2)13-11-16/h3-13H,14-15H2,1-2H3,(H,25,28)(H,26,30)/t24-/m0/s1. The molecule has 0 spiro atoms. The van der Waals surface area contributed by atoms with Crippen LogP contribution in [-0.4, -0.2) is 36.4 Å². The molecule has 1 atom stereocenters. The molecule has 7 nitrogen and oxygen atoms in total. The predicted octanol–water partition coefficient (Wildman–Crippen LogP) is 2.93. The Labute approximate surface area is 180 Å². The third kappa shape index (κ3) is 3.82. The number of hydrogen-bond acceptors (Lipinski definition) is 4. The maximum absolute atomic E-state index is 13.2. The maximum atomic E-state index is 13.2. The largest absolute Gasteiger partial charge is 0.497 e. The summed E-state index contributed by atoms with van der Waals surface area (Å²) >= 11 is 0. The average molecular weight is 417 g/mol. The number of carbonyl (C=O) groups is 3. The number of ether oxygens (including phenoxy) is 1. The van der Waals surface area contributed by atoms with Gasteiger partial charge in [-0.25, -0.2) is 4.79 Å². The molecule has 4 rings (SSSR count). The number of urea groups is 1. The van der Waals surface area contributed by atoms with E-state index in [1.807, 2.05) is 54.6 Å². The second-order valence-electron chi connectivity index (χ2n) is 7.60. The quantitative estimate of drug-likeness (QED) is 0.604. The van der Waals surface area contributed by atoms with Gasteiger partial charge in [-0.1, -0.05) is 54.6 Å². The molecule has 3 aromatic carbocycles. The van der Waals surface area contributed by atoms with Gasteiger partial charge in [-0.05, 0) is 41.0 Å². The summed E-state index contributed by atoms with van der Waals surface area (Å²) in [5.74, 6) is -0.142. The number of fused-ring (bicyclic) bond motifs is 1. The highest BCUT2D eigenvalue weighted by molar-refractivity contribution is 6.10. The molecule has 2 N–H and O–H groups in total. The number of methoxy groups -OCH3 is 1. The number of hydrogen-bond donors (Lipinski definition) is 2. The molecule has 4 amide bonds. The molecule has 1 heterocycles. The van der Waals surface area contributed by atoms with Gasteiger partial charge in [-0.2, -0.15) is 0 Å². The van der Waals surface area contributed by atoms with Gasteiger partial charge in [0.2, 0.25) is 5.91 Å². The minimum absolute atomic E-state index is 0.285. The average Bonchev–Trinajstić information content (AvgIpc) is 3.01. The van der Waals surface area contributed by atoms with Gasteiger partial charge in [-0.15, -0.1) is 0 Å². The van der Waals surface area contributed by atoms with Crippen LogP contribution in [0.3, 0.4) is 0 Å². The fourth-order valence-electron chi connectivity index (χ4n) is 3.83. The van der Waals surface area contributed by atoms with Crippen LogP contribution >= 0.6 is 0 Å². The molecule has 0 aromatic heterocycles. The molecule has 1 aliphatic rings. The van der Waals surface area contributed by atoms with Gasteiger partial charge in [0, 0.05) is 6.54 Å². The molecular weight excluding hydrogens is 394 g/mol. The SMILES string of the molecule is COc1ccc(CNC(=O)CN2C(=O)N[C@@](C)(c3cccc4ccccc34)C2=O)cc1. The van der Waals surface area contributed by atoms with E-state index in [1.165, 1.54) is 0 Å². The lowest BCUT2D eigenvalue weighted by molar-refractivity contribution is -0.134. The molecule has 0 radical (unpaired) electrons. The van der Waals surface area contributed by atoms with Gasteiger partial charge < -0.3 is 15.4 Å². The number of carbonyl (C=O) groups excluding carboxylic acids is 3. The summed E-state index contributed by atoms with van der Waals surface area (Å²) in [6, 6.07) is 20.0. The summed E-state index contributed by atoms with van der Waals surface area (Å²) in [5, 5.41) is 7.37. The van der Waals surface area contributed by atoms with Crippen LogP contribution in [0.5, 0.6) is 5.75 Å². The minimum atomic E-state index is -1.24.